The van der Waals surface area contributed by atoms with Crippen LogP contribution >= 0.6 is 11.8 Å². The molecule has 0 aliphatic rings. The number of rotatable bonds is 7. The lowest BCUT2D eigenvalue weighted by molar-refractivity contribution is 0.0125. The van der Waals surface area contributed by atoms with Crippen LogP contribution in [-0.4, -0.2) is 38.5 Å². The molecule has 0 saturated carbocycles. The number of carbonyl (C=O) groups excluding carboxylic acids is 1. The maximum atomic E-state index is 11.8. The summed E-state index contributed by atoms with van der Waals surface area (Å²) in [6.07, 6.45) is 1.95. The third-order valence-electron chi connectivity index (χ3n) is 2.31. The van der Waals surface area contributed by atoms with E-state index in [0.29, 0.717) is 12.2 Å². The molecule has 1 rings (SSSR count). The molecule has 0 aromatic heterocycles. The lowest BCUT2D eigenvalue weighted by Gasteiger charge is -2.11. The Balaban J connectivity index is 2.46. The van der Waals surface area contributed by atoms with Gasteiger partial charge in [0.1, 0.15) is 6.61 Å². The van der Waals surface area contributed by atoms with Crippen molar-refractivity contribution in [2.75, 3.05) is 26.6 Å². The SMILES string of the molecule is COCC(C)OCC(=O)c1ccc(SC)cc1. The summed E-state index contributed by atoms with van der Waals surface area (Å²) in [6.45, 7) is 2.48. The van der Waals surface area contributed by atoms with E-state index >= 15 is 0 Å². The molecule has 0 amide bonds. The fourth-order valence-corrected chi connectivity index (χ4v) is 1.77. The van der Waals surface area contributed by atoms with E-state index in [-0.39, 0.29) is 18.5 Å². The highest BCUT2D eigenvalue weighted by Gasteiger charge is 2.08. The van der Waals surface area contributed by atoms with Gasteiger partial charge in [0.05, 0.1) is 12.7 Å². The first-order valence-electron chi connectivity index (χ1n) is 5.45. The number of methoxy groups -OCH3 is 1. The van der Waals surface area contributed by atoms with Crippen LogP contribution in [0.25, 0.3) is 0 Å². The van der Waals surface area contributed by atoms with Crippen molar-refractivity contribution in [2.24, 2.45) is 0 Å². The lowest BCUT2D eigenvalue weighted by atomic mass is 10.1. The van der Waals surface area contributed by atoms with Crippen LogP contribution in [0.2, 0.25) is 0 Å². The summed E-state index contributed by atoms with van der Waals surface area (Å²) in [7, 11) is 1.61. The van der Waals surface area contributed by atoms with E-state index in [9.17, 15) is 4.79 Å². The molecular weight excluding hydrogens is 236 g/mol. The van der Waals surface area contributed by atoms with E-state index in [4.69, 9.17) is 9.47 Å². The smallest absolute Gasteiger partial charge is 0.188 e. The first-order chi connectivity index (χ1) is 8.17. The molecule has 0 spiro atoms. The fourth-order valence-electron chi connectivity index (χ4n) is 1.36. The van der Waals surface area contributed by atoms with Crippen LogP contribution in [0.3, 0.4) is 0 Å². The van der Waals surface area contributed by atoms with E-state index < -0.39 is 0 Å². The van der Waals surface area contributed by atoms with Gasteiger partial charge in [-0.15, -0.1) is 11.8 Å². The summed E-state index contributed by atoms with van der Waals surface area (Å²) in [4.78, 5) is 12.9. The number of carbonyl (C=O) groups is 1. The Labute approximate surface area is 106 Å². The van der Waals surface area contributed by atoms with Crippen LogP contribution in [0.15, 0.2) is 29.2 Å². The van der Waals surface area contributed by atoms with E-state index in [1.54, 1.807) is 18.9 Å². The second-order valence-corrected chi connectivity index (χ2v) is 4.61. The Morgan fingerprint density at radius 1 is 1.35 bits per heavy atom. The molecule has 0 aliphatic carbocycles. The maximum absolute atomic E-state index is 11.8. The van der Waals surface area contributed by atoms with Crippen molar-refractivity contribution < 1.29 is 14.3 Å². The number of Topliss-reactive ketones (excluding diaryl/α,β-unsaturated/α-hetero) is 1. The topological polar surface area (TPSA) is 35.5 Å². The Bertz CT molecular complexity index is 348. The van der Waals surface area contributed by atoms with Gasteiger partial charge in [0.2, 0.25) is 0 Å². The minimum Gasteiger partial charge on any atom is -0.382 e. The minimum absolute atomic E-state index is 0.000561. The molecule has 0 radical (unpaired) electrons. The maximum Gasteiger partial charge on any atom is 0.188 e. The lowest BCUT2D eigenvalue weighted by Crippen LogP contribution is -2.19. The monoisotopic (exact) mass is 254 g/mol. The number of hydrogen-bond donors (Lipinski definition) is 0. The zero-order chi connectivity index (χ0) is 12.7. The van der Waals surface area contributed by atoms with Crippen LogP contribution in [0.5, 0.6) is 0 Å². The molecule has 4 heteroatoms. The molecule has 3 nitrogen and oxygen atoms in total. The van der Waals surface area contributed by atoms with Gasteiger partial charge in [-0.3, -0.25) is 4.79 Å². The first-order valence-corrected chi connectivity index (χ1v) is 6.67. The summed E-state index contributed by atoms with van der Waals surface area (Å²) < 4.78 is 10.3. The van der Waals surface area contributed by atoms with Crippen molar-refractivity contribution in [1.29, 1.82) is 0 Å². The van der Waals surface area contributed by atoms with Crippen LogP contribution in [-0.2, 0) is 9.47 Å². The van der Waals surface area contributed by atoms with Gasteiger partial charge in [-0.25, -0.2) is 0 Å². The zero-order valence-electron chi connectivity index (χ0n) is 10.4. The largest absolute Gasteiger partial charge is 0.382 e. The van der Waals surface area contributed by atoms with Crippen molar-refractivity contribution in [3.63, 3.8) is 0 Å². The molecule has 1 atom stereocenters. The van der Waals surface area contributed by atoms with E-state index in [1.807, 2.05) is 37.4 Å². The van der Waals surface area contributed by atoms with Crippen molar-refractivity contribution in [1.82, 2.24) is 0 Å². The number of hydrogen-bond acceptors (Lipinski definition) is 4. The molecule has 0 heterocycles. The second-order valence-electron chi connectivity index (χ2n) is 3.73. The molecule has 0 saturated heterocycles. The molecule has 1 aromatic rings. The van der Waals surface area contributed by atoms with Crippen LogP contribution in [0.1, 0.15) is 17.3 Å². The van der Waals surface area contributed by atoms with E-state index in [2.05, 4.69) is 0 Å². The molecule has 17 heavy (non-hydrogen) atoms. The van der Waals surface area contributed by atoms with Crippen molar-refractivity contribution in [3.05, 3.63) is 29.8 Å². The summed E-state index contributed by atoms with van der Waals surface area (Å²) in [6, 6.07) is 7.55. The highest BCUT2D eigenvalue weighted by atomic mass is 32.2. The van der Waals surface area contributed by atoms with Crippen molar-refractivity contribution >= 4 is 17.5 Å². The fraction of sp³-hybridized carbons (Fsp3) is 0.462. The highest BCUT2D eigenvalue weighted by molar-refractivity contribution is 7.98. The number of ketones is 1. The molecular formula is C13H18O3S. The van der Waals surface area contributed by atoms with Crippen LogP contribution < -0.4 is 0 Å². The molecule has 0 N–H and O–H groups in total. The molecule has 0 fully saturated rings. The van der Waals surface area contributed by atoms with Gasteiger partial charge in [-0.2, -0.15) is 0 Å². The van der Waals surface area contributed by atoms with E-state index in [0.717, 1.165) is 4.90 Å². The summed E-state index contributed by atoms with van der Waals surface area (Å²) in [5.41, 5.74) is 0.687. The van der Waals surface area contributed by atoms with Gasteiger partial charge in [-0.05, 0) is 25.3 Å². The average molecular weight is 254 g/mol. The Hall–Kier alpha value is -0.840. The number of benzene rings is 1. The normalized spacial score (nSPS) is 12.4. The highest BCUT2D eigenvalue weighted by Crippen LogP contribution is 2.15. The number of thioether (sulfide) groups is 1. The minimum atomic E-state index is -0.0607. The predicted molar refractivity (Wildman–Crippen MR) is 69.8 cm³/mol. The van der Waals surface area contributed by atoms with Gasteiger partial charge >= 0.3 is 0 Å². The van der Waals surface area contributed by atoms with Gasteiger partial charge in [0.15, 0.2) is 5.78 Å². The quantitative estimate of drug-likeness (QED) is 0.553. The van der Waals surface area contributed by atoms with Crippen molar-refractivity contribution in [2.45, 2.75) is 17.9 Å². The predicted octanol–water partition coefficient (Wildman–Crippen LogP) is 2.64. The van der Waals surface area contributed by atoms with Gasteiger partial charge < -0.3 is 9.47 Å². The molecule has 94 valence electrons. The van der Waals surface area contributed by atoms with E-state index in [1.165, 1.54) is 0 Å². The van der Waals surface area contributed by atoms with Gasteiger partial charge in [0, 0.05) is 17.6 Å². The first kappa shape index (κ1) is 14.2. The molecule has 1 aromatic carbocycles. The summed E-state index contributed by atoms with van der Waals surface area (Å²) in [5, 5.41) is 0. The third kappa shape index (κ3) is 4.89. The summed E-state index contributed by atoms with van der Waals surface area (Å²) >= 11 is 1.65. The van der Waals surface area contributed by atoms with Gasteiger partial charge in [-0.1, -0.05) is 12.1 Å². The number of ether oxygens (including phenoxy) is 2. The molecule has 0 aliphatic heterocycles. The Morgan fingerprint density at radius 3 is 2.53 bits per heavy atom. The summed E-state index contributed by atoms with van der Waals surface area (Å²) in [5.74, 6) is 0.000561. The Morgan fingerprint density at radius 2 is 2.00 bits per heavy atom. The standard InChI is InChI=1S/C13H18O3S/c1-10(8-15-2)16-9-13(14)11-4-6-12(17-3)7-5-11/h4-7,10H,8-9H2,1-3H3. The van der Waals surface area contributed by atoms with Crippen molar-refractivity contribution in [3.8, 4) is 0 Å². The molecule has 1 unspecified atom stereocenters. The molecule has 0 bridgehead atoms. The van der Waals surface area contributed by atoms with Gasteiger partial charge in [0.25, 0.3) is 0 Å². The Kier molecular flexibility index (Phi) is 6.26. The van der Waals surface area contributed by atoms with Crippen LogP contribution in [0, 0.1) is 0 Å². The zero-order valence-corrected chi connectivity index (χ0v) is 11.3. The third-order valence-corrected chi connectivity index (χ3v) is 3.06. The second kappa shape index (κ2) is 7.48. The van der Waals surface area contributed by atoms with Crippen LogP contribution in [0.4, 0.5) is 0 Å². The average Bonchev–Trinajstić information content (AvgIpc) is 2.36.